The predicted octanol–water partition coefficient (Wildman–Crippen LogP) is 3.85. The number of aliphatic imine (C=N–C) groups is 1. The number of methoxy groups -OCH3 is 1. The average Bonchev–Trinajstić information content (AvgIpc) is 2.97. The summed E-state index contributed by atoms with van der Waals surface area (Å²) < 4.78 is 4.95. The third-order valence-electron chi connectivity index (χ3n) is 3.53. The van der Waals surface area contributed by atoms with Crippen LogP contribution in [0.15, 0.2) is 46.3 Å². The first-order chi connectivity index (χ1) is 12.9. The smallest absolute Gasteiger partial charge is 0.274 e. The summed E-state index contributed by atoms with van der Waals surface area (Å²) in [7, 11) is 1.28. The second kappa shape index (κ2) is 7.68. The van der Waals surface area contributed by atoms with Crippen molar-refractivity contribution in [3.63, 3.8) is 0 Å². The number of benzene rings is 2. The molecule has 0 radical (unpaired) electrons. The molecule has 27 heavy (non-hydrogen) atoms. The number of phenols is 1. The summed E-state index contributed by atoms with van der Waals surface area (Å²) in [6.45, 7) is 0. The molecule has 2 N–H and O–H groups in total. The molecule has 2 aromatic carbocycles. The molecule has 2 aromatic rings. The van der Waals surface area contributed by atoms with Gasteiger partial charge in [0.2, 0.25) is 0 Å². The molecule has 8 nitrogen and oxygen atoms in total. The van der Waals surface area contributed by atoms with Crippen LogP contribution in [0.1, 0.15) is 5.56 Å². The fraction of sp³-hybridized carbons (Fsp3) is 0.0588. The molecule has 0 spiro atoms. The molecule has 1 aliphatic heterocycles. The number of ether oxygens (including phenoxy) is 1. The van der Waals surface area contributed by atoms with E-state index >= 15 is 0 Å². The first-order valence-electron chi connectivity index (χ1n) is 7.48. The number of phenolic OH excluding ortho intramolecular Hbond substituents is 1. The zero-order chi connectivity index (χ0) is 19.6. The summed E-state index contributed by atoms with van der Waals surface area (Å²) in [6, 6.07) is 9.14. The SMILES string of the molecule is COc1cc([N+](=O)[O-])cc(C=C2SC(=Nc3ccccc3Cl)NC2=O)c1O. The molecule has 0 aromatic heterocycles. The van der Waals surface area contributed by atoms with Gasteiger partial charge in [0.05, 0.1) is 33.7 Å². The van der Waals surface area contributed by atoms with Crippen molar-refractivity contribution in [2.24, 2.45) is 4.99 Å². The molecule has 0 unspecified atom stereocenters. The van der Waals surface area contributed by atoms with Crippen LogP contribution in [-0.2, 0) is 4.79 Å². The summed E-state index contributed by atoms with van der Waals surface area (Å²) in [4.78, 5) is 27.1. The van der Waals surface area contributed by atoms with Gasteiger partial charge < -0.3 is 15.2 Å². The number of nitrogens with one attached hydrogen (secondary N) is 1. The highest BCUT2D eigenvalue weighted by molar-refractivity contribution is 8.18. The number of nitro groups is 1. The van der Waals surface area contributed by atoms with Gasteiger partial charge in [-0.3, -0.25) is 14.9 Å². The van der Waals surface area contributed by atoms with Gasteiger partial charge in [-0.2, -0.15) is 0 Å². The molecule has 0 bridgehead atoms. The van der Waals surface area contributed by atoms with Gasteiger partial charge in [0.15, 0.2) is 16.7 Å². The highest BCUT2D eigenvalue weighted by Gasteiger charge is 2.25. The second-order valence-electron chi connectivity index (χ2n) is 5.28. The van der Waals surface area contributed by atoms with Crippen LogP contribution < -0.4 is 10.1 Å². The van der Waals surface area contributed by atoms with Crippen molar-refractivity contribution in [2.75, 3.05) is 7.11 Å². The second-order valence-corrected chi connectivity index (χ2v) is 6.71. The van der Waals surface area contributed by atoms with Crippen molar-refractivity contribution in [3.8, 4) is 11.5 Å². The first kappa shape index (κ1) is 18.7. The van der Waals surface area contributed by atoms with Gasteiger partial charge in [0.1, 0.15) is 0 Å². The molecule has 3 rings (SSSR count). The van der Waals surface area contributed by atoms with Crippen LogP contribution in [0.5, 0.6) is 11.5 Å². The Kier molecular flexibility index (Phi) is 5.33. The summed E-state index contributed by atoms with van der Waals surface area (Å²) in [5.74, 6) is -0.819. The minimum absolute atomic E-state index is 0.0654. The number of para-hydroxylation sites is 1. The standard InChI is InChI=1S/C17H12ClN3O5S/c1-26-13-8-10(21(24)25)6-9(15(13)22)7-14-16(23)20-17(27-14)19-12-5-3-2-4-11(12)18/h2-8,22H,1H3,(H,19,20,23). The van der Waals surface area contributed by atoms with Crippen LogP contribution in [-0.4, -0.2) is 28.2 Å². The lowest BCUT2D eigenvalue weighted by molar-refractivity contribution is -0.385. The predicted molar refractivity (Wildman–Crippen MR) is 104 cm³/mol. The molecular weight excluding hydrogens is 394 g/mol. The Morgan fingerprint density at radius 3 is 2.78 bits per heavy atom. The topological polar surface area (TPSA) is 114 Å². The van der Waals surface area contributed by atoms with Gasteiger partial charge in [-0.25, -0.2) is 4.99 Å². The Balaban J connectivity index is 1.97. The molecule has 0 saturated carbocycles. The largest absolute Gasteiger partial charge is 0.504 e. The highest BCUT2D eigenvalue weighted by Crippen LogP contribution is 2.38. The number of rotatable bonds is 4. The number of amides is 1. The van der Waals surface area contributed by atoms with E-state index in [0.29, 0.717) is 15.9 Å². The van der Waals surface area contributed by atoms with Crippen LogP contribution in [0.2, 0.25) is 5.02 Å². The Morgan fingerprint density at radius 1 is 1.37 bits per heavy atom. The lowest BCUT2D eigenvalue weighted by Gasteiger charge is -2.06. The maximum absolute atomic E-state index is 12.2. The monoisotopic (exact) mass is 405 g/mol. The van der Waals surface area contributed by atoms with Gasteiger partial charge in [-0.1, -0.05) is 23.7 Å². The average molecular weight is 406 g/mol. The van der Waals surface area contributed by atoms with Gasteiger partial charge in [0, 0.05) is 11.6 Å². The zero-order valence-corrected chi connectivity index (χ0v) is 15.4. The number of amidine groups is 1. The molecule has 1 fully saturated rings. The Bertz CT molecular complexity index is 1010. The lowest BCUT2D eigenvalue weighted by Crippen LogP contribution is -2.19. The number of carbonyl (C=O) groups is 1. The number of nitro benzene ring substituents is 1. The number of hydrogen-bond acceptors (Lipinski definition) is 7. The minimum Gasteiger partial charge on any atom is -0.504 e. The van der Waals surface area contributed by atoms with E-state index in [0.717, 1.165) is 23.9 Å². The van der Waals surface area contributed by atoms with E-state index in [1.807, 2.05) is 0 Å². The number of nitrogens with zero attached hydrogens (tertiary/aromatic N) is 2. The molecular formula is C17H12ClN3O5S. The van der Waals surface area contributed by atoms with Gasteiger partial charge >= 0.3 is 0 Å². The molecule has 1 amide bonds. The van der Waals surface area contributed by atoms with Crippen LogP contribution in [0, 0.1) is 10.1 Å². The summed E-state index contributed by atoms with van der Waals surface area (Å²) >= 11 is 7.08. The van der Waals surface area contributed by atoms with Crippen molar-refractivity contribution >= 4 is 51.9 Å². The van der Waals surface area contributed by atoms with E-state index in [1.165, 1.54) is 13.2 Å². The summed E-state index contributed by atoms with van der Waals surface area (Å²) in [5, 5.41) is 24.6. The van der Waals surface area contributed by atoms with E-state index in [9.17, 15) is 20.0 Å². The Hall–Kier alpha value is -3.04. The van der Waals surface area contributed by atoms with Crippen LogP contribution in [0.3, 0.4) is 0 Å². The van der Waals surface area contributed by atoms with Crippen LogP contribution in [0.25, 0.3) is 6.08 Å². The molecule has 1 aliphatic rings. The molecule has 138 valence electrons. The van der Waals surface area contributed by atoms with E-state index in [1.54, 1.807) is 24.3 Å². The zero-order valence-electron chi connectivity index (χ0n) is 13.8. The summed E-state index contributed by atoms with van der Waals surface area (Å²) in [6.07, 6.45) is 1.33. The third-order valence-corrected chi connectivity index (χ3v) is 4.76. The van der Waals surface area contributed by atoms with Crippen molar-refractivity contribution in [1.82, 2.24) is 5.32 Å². The third kappa shape index (κ3) is 4.04. The quantitative estimate of drug-likeness (QED) is 0.453. The van der Waals surface area contributed by atoms with Gasteiger partial charge in [0.25, 0.3) is 11.6 Å². The maximum atomic E-state index is 12.2. The highest BCUT2D eigenvalue weighted by atomic mass is 35.5. The maximum Gasteiger partial charge on any atom is 0.274 e. The lowest BCUT2D eigenvalue weighted by atomic mass is 10.1. The van der Waals surface area contributed by atoms with Crippen molar-refractivity contribution in [2.45, 2.75) is 0 Å². The molecule has 10 heteroatoms. The number of non-ortho nitro benzene ring substituents is 1. The van der Waals surface area contributed by atoms with Crippen LogP contribution >= 0.6 is 23.4 Å². The number of thioether (sulfide) groups is 1. The van der Waals surface area contributed by atoms with Gasteiger partial charge in [-0.05, 0) is 30.0 Å². The van der Waals surface area contributed by atoms with Crippen molar-refractivity contribution in [1.29, 1.82) is 0 Å². The fourth-order valence-electron chi connectivity index (χ4n) is 2.26. The van der Waals surface area contributed by atoms with Crippen LogP contribution in [0.4, 0.5) is 11.4 Å². The molecule has 1 saturated heterocycles. The Morgan fingerprint density at radius 2 is 2.11 bits per heavy atom. The first-order valence-corrected chi connectivity index (χ1v) is 8.68. The van der Waals surface area contributed by atoms with Crippen molar-refractivity contribution < 1.29 is 19.6 Å². The Labute approximate surface area is 162 Å². The number of hydrogen-bond donors (Lipinski definition) is 2. The number of halogens is 1. The molecule has 0 atom stereocenters. The fourth-order valence-corrected chi connectivity index (χ4v) is 3.26. The number of aromatic hydroxyl groups is 1. The number of carbonyl (C=O) groups excluding carboxylic acids is 1. The molecule has 1 heterocycles. The van der Waals surface area contributed by atoms with E-state index in [4.69, 9.17) is 16.3 Å². The van der Waals surface area contributed by atoms with Crippen molar-refractivity contribution in [3.05, 3.63) is 62.0 Å². The summed E-state index contributed by atoms with van der Waals surface area (Å²) in [5.41, 5.74) is 0.297. The van der Waals surface area contributed by atoms with E-state index in [-0.39, 0.29) is 27.7 Å². The molecule has 0 aliphatic carbocycles. The van der Waals surface area contributed by atoms with E-state index < -0.39 is 10.8 Å². The normalized spacial score (nSPS) is 16.6. The minimum atomic E-state index is -0.615. The van der Waals surface area contributed by atoms with Gasteiger partial charge in [-0.15, -0.1) is 0 Å². The van der Waals surface area contributed by atoms with E-state index in [2.05, 4.69) is 10.3 Å².